The fraction of sp³-hybridized carbons (Fsp3) is 0.267. The van der Waals surface area contributed by atoms with Crippen molar-refractivity contribution in [2.45, 2.75) is 39.0 Å². The number of aryl methyl sites for hydroxylation is 2. The van der Waals surface area contributed by atoms with Gasteiger partial charge >= 0.3 is 11.7 Å². The Balaban J connectivity index is 1.48. The molecular weight excluding hydrogens is 476 g/mol. The van der Waals surface area contributed by atoms with Gasteiger partial charge in [-0.25, -0.2) is 14.6 Å². The van der Waals surface area contributed by atoms with Gasteiger partial charge in [-0.2, -0.15) is 0 Å². The van der Waals surface area contributed by atoms with Gasteiger partial charge in [0.2, 0.25) is 0 Å². The van der Waals surface area contributed by atoms with Crippen LogP contribution in [0.3, 0.4) is 0 Å². The summed E-state index contributed by atoms with van der Waals surface area (Å²) < 4.78 is 3.47. The first-order chi connectivity index (χ1) is 18.3. The van der Waals surface area contributed by atoms with E-state index in [1.165, 1.54) is 11.1 Å². The van der Waals surface area contributed by atoms with Crippen LogP contribution < -0.4 is 16.3 Å². The highest BCUT2D eigenvalue weighted by molar-refractivity contribution is 6.04. The Morgan fingerprint density at radius 1 is 1.03 bits per heavy atom. The minimum absolute atomic E-state index is 0.0978. The van der Waals surface area contributed by atoms with Crippen LogP contribution >= 0.6 is 0 Å². The number of urea groups is 1. The second-order valence-electron chi connectivity index (χ2n) is 10.5. The van der Waals surface area contributed by atoms with Crippen molar-refractivity contribution >= 4 is 33.8 Å². The monoisotopic (exact) mass is 506 g/mol. The molecule has 1 aliphatic carbocycles. The molecule has 8 heteroatoms. The van der Waals surface area contributed by atoms with Crippen molar-refractivity contribution in [2.75, 3.05) is 11.9 Å². The highest BCUT2D eigenvalue weighted by Crippen LogP contribution is 2.39. The molecule has 6 rings (SSSR count). The van der Waals surface area contributed by atoms with Crippen LogP contribution in [0.15, 0.2) is 65.7 Å². The van der Waals surface area contributed by atoms with Gasteiger partial charge < -0.3 is 5.32 Å². The fourth-order valence-corrected chi connectivity index (χ4v) is 5.54. The average Bonchev–Trinajstić information content (AvgIpc) is 3.36. The highest BCUT2D eigenvalue weighted by atomic mass is 16.2. The van der Waals surface area contributed by atoms with Crippen LogP contribution in [0.1, 0.15) is 38.3 Å². The molecular formula is C30H30N6O2. The molecule has 2 aromatic carbocycles. The van der Waals surface area contributed by atoms with Gasteiger partial charge in [-0.05, 0) is 78.3 Å². The summed E-state index contributed by atoms with van der Waals surface area (Å²) in [5.74, 6) is 0.473. The number of amides is 2. The van der Waals surface area contributed by atoms with Crippen LogP contribution in [0.25, 0.3) is 38.8 Å². The Morgan fingerprint density at radius 2 is 1.84 bits per heavy atom. The molecule has 0 saturated heterocycles. The number of carbonyl (C=O) groups is 1. The van der Waals surface area contributed by atoms with Gasteiger partial charge in [0.1, 0.15) is 5.82 Å². The minimum Gasteiger partial charge on any atom is -0.338 e. The van der Waals surface area contributed by atoms with Crippen LogP contribution in [0.5, 0.6) is 0 Å². The molecule has 3 heterocycles. The molecule has 2 N–H and O–H groups in total. The molecule has 0 spiro atoms. The number of benzene rings is 2. The molecule has 0 atom stereocenters. The summed E-state index contributed by atoms with van der Waals surface area (Å²) in [5, 5.41) is 6.31. The third kappa shape index (κ3) is 3.84. The topological polar surface area (TPSA) is 93.8 Å². The van der Waals surface area contributed by atoms with E-state index in [-0.39, 0.29) is 17.1 Å². The van der Waals surface area contributed by atoms with E-state index >= 15 is 0 Å². The molecule has 0 aliphatic heterocycles. The first-order valence-electron chi connectivity index (χ1n) is 12.9. The number of nitrogens with one attached hydrogen (secondary N) is 2. The van der Waals surface area contributed by atoms with Crippen LogP contribution in [-0.4, -0.2) is 31.7 Å². The SMILES string of the molecule is CCNC(=O)Nc1ccc(-c2ccc3ncc4c(c3c2)n(-c2ccc3c(c2)CCC3(C)C)c(=O)n4C)cn1. The highest BCUT2D eigenvalue weighted by Gasteiger charge is 2.30. The van der Waals surface area contributed by atoms with Gasteiger partial charge in [-0.15, -0.1) is 0 Å². The van der Waals surface area contributed by atoms with E-state index in [0.29, 0.717) is 12.4 Å². The van der Waals surface area contributed by atoms with Crippen molar-refractivity contribution in [2.24, 2.45) is 7.05 Å². The van der Waals surface area contributed by atoms with Crippen molar-refractivity contribution in [1.82, 2.24) is 24.4 Å². The van der Waals surface area contributed by atoms with Crippen LogP contribution in [0.4, 0.5) is 10.6 Å². The van der Waals surface area contributed by atoms with E-state index in [0.717, 1.165) is 51.6 Å². The lowest BCUT2D eigenvalue weighted by atomic mass is 9.86. The number of nitrogens with zero attached hydrogens (tertiary/aromatic N) is 4. The Labute approximate surface area is 220 Å². The standard InChI is InChI=1S/C30H30N6O2/c1-5-31-28(37)34-26-11-7-20(16-33-26)18-6-10-24-22(15-18)27-25(17-32-24)35(4)29(38)36(27)21-8-9-23-19(14-21)12-13-30(23,2)3/h6-11,14-17H,5,12-13H2,1-4H3,(H2,31,33,34,37). The van der Waals surface area contributed by atoms with E-state index in [9.17, 15) is 9.59 Å². The summed E-state index contributed by atoms with van der Waals surface area (Å²) in [5.41, 5.74) is 7.87. The lowest BCUT2D eigenvalue weighted by Crippen LogP contribution is -2.28. The number of aromatic nitrogens is 4. The summed E-state index contributed by atoms with van der Waals surface area (Å²) in [7, 11) is 1.79. The zero-order valence-corrected chi connectivity index (χ0v) is 22.0. The number of hydrogen-bond donors (Lipinski definition) is 2. The molecule has 192 valence electrons. The van der Waals surface area contributed by atoms with Crippen LogP contribution in [0.2, 0.25) is 0 Å². The number of carbonyl (C=O) groups excluding carboxylic acids is 1. The number of fused-ring (bicyclic) bond motifs is 4. The summed E-state index contributed by atoms with van der Waals surface area (Å²) in [4.78, 5) is 34.4. The zero-order chi connectivity index (χ0) is 26.6. The summed E-state index contributed by atoms with van der Waals surface area (Å²) in [6.45, 7) is 6.96. The van der Waals surface area contributed by atoms with Gasteiger partial charge in [0.05, 0.1) is 28.4 Å². The largest absolute Gasteiger partial charge is 0.338 e. The van der Waals surface area contributed by atoms with Gasteiger partial charge in [0.15, 0.2) is 0 Å². The second-order valence-corrected chi connectivity index (χ2v) is 10.5. The maximum Gasteiger partial charge on any atom is 0.333 e. The normalized spacial score (nSPS) is 14.1. The van der Waals surface area contributed by atoms with Gasteiger partial charge in [0, 0.05) is 30.7 Å². The summed E-state index contributed by atoms with van der Waals surface area (Å²) in [6, 6.07) is 15.9. The first-order valence-corrected chi connectivity index (χ1v) is 12.9. The van der Waals surface area contributed by atoms with Gasteiger partial charge in [-0.1, -0.05) is 26.0 Å². The maximum atomic E-state index is 13.5. The van der Waals surface area contributed by atoms with Crippen molar-refractivity contribution in [3.8, 4) is 16.8 Å². The van der Waals surface area contributed by atoms with Crippen molar-refractivity contribution in [1.29, 1.82) is 0 Å². The second kappa shape index (κ2) is 8.83. The van der Waals surface area contributed by atoms with Crippen LogP contribution in [-0.2, 0) is 18.9 Å². The number of hydrogen-bond acceptors (Lipinski definition) is 4. The lowest BCUT2D eigenvalue weighted by Gasteiger charge is -2.19. The molecule has 0 radical (unpaired) electrons. The first kappa shape index (κ1) is 23.9. The summed E-state index contributed by atoms with van der Waals surface area (Å²) in [6.07, 6.45) is 5.63. The predicted octanol–water partition coefficient (Wildman–Crippen LogP) is 5.30. The zero-order valence-electron chi connectivity index (χ0n) is 22.0. The van der Waals surface area contributed by atoms with Gasteiger partial charge in [-0.3, -0.25) is 19.4 Å². The molecule has 0 saturated carbocycles. The Morgan fingerprint density at radius 3 is 2.61 bits per heavy atom. The van der Waals surface area contributed by atoms with E-state index in [1.54, 1.807) is 30.1 Å². The predicted molar refractivity (Wildman–Crippen MR) is 151 cm³/mol. The lowest BCUT2D eigenvalue weighted by molar-refractivity contribution is 0.252. The minimum atomic E-state index is -0.288. The van der Waals surface area contributed by atoms with E-state index in [4.69, 9.17) is 0 Å². The van der Waals surface area contributed by atoms with Crippen molar-refractivity contribution < 1.29 is 4.79 Å². The molecule has 3 aromatic heterocycles. The number of anilines is 1. The van der Waals surface area contributed by atoms with Gasteiger partial charge in [0.25, 0.3) is 0 Å². The van der Waals surface area contributed by atoms with E-state index in [2.05, 4.69) is 58.7 Å². The molecule has 8 nitrogen and oxygen atoms in total. The maximum absolute atomic E-state index is 13.5. The number of rotatable bonds is 4. The summed E-state index contributed by atoms with van der Waals surface area (Å²) >= 11 is 0. The Kier molecular flexibility index (Phi) is 5.56. The molecule has 2 amide bonds. The quantitative estimate of drug-likeness (QED) is 0.346. The van der Waals surface area contributed by atoms with E-state index in [1.807, 2.05) is 29.7 Å². The Hall–Kier alpha value is -4.46. The molecule has 0 unspecified atom stereocenters. The third-order valence-electron chi connectivity index (χ3n) is 7.65. The third-order valence-corrected chi connectivity index (χ3v) is 7.65. The van der Waals surface area contributed by atoms with Crippen molar-refractivity contribution in [3.63, 3.8) is 0 Å². The molecule has 1 aliphatic rings. The molecule has 5 aromatic rings. The van der Waals surface area contributed by atoms with Crippen LogP contribution in [0, 0.1) is 0 Å². The average molecular weight is 507 g/mol. The molecule has 0 fully saturated rings. The van der Waals surface area contributed by atoms with Crippen molar-refractivity contribution in [3.05, 3.63) is 82.5 Å². The number of pyridine rings is 2. The number of imidazole rings is 1. The smallest absolute Gasteiger partial charge is 0.333 e. The Bertz CT molecular complexity index is 1780. The molecule has 38 heavy (non-hydrogen) atoms. The van der Waals surface area contributed by atoms with E-state index < -0.39 is 0 Å². The fourth-order valence-electron chi connectivity index (χ4n) is 5.54. The molecule has 0 bridgehead atoms.